The third kappa shape index (κ3) is 9.14. The van der Waals surface area contributed by atoms with Crippen molar-refractivity contribution in [1.82, 2.24) is 15.5 Å². The molecule has 1 aliphatic heterocycles. The first-order valence-electron chi connectivity index (χ1n) is 10.7. The summed E-state index contributed by atoms with van der Waals surface area (Å²) < 4.78 is 10.2. The first-order valence-corrected chi connectivity index (χ1v) is 11.6. The molecule has 8 heteroatoms. The summed E-state index contributed by atoms with van der Waals surface area (Å²) in [6.07, 6.45) is 4.60. The summed E-state index contributed by atoms with van der Waals surface area (Å²) >= 11 is 1.80. The molecule has 2 heterocycles. The molecule has 7 nitrogen and oxygen atoms in total. The van der Waals surface area contributed by atoms with Crippen LogP contribution in [-0.2, 0) is 14.3 Å². The highest BCUT2D eigenvalue weighted by Gasteiger charge is 2.23. The lowest BCUT2D eigenvalue weighted by Gasteiger charge is -2.33. The second kappa shape index (κ2) is 14.4. The Bertz CT molecular complexity index is 589. The second-order valence-corrected chi connectivity index (χ2v) is 8.05. The van der Waals surface area contributed by atoms with Gasteiger partial charge < -0.3 is 20.1 Å². The van der Waals surface area contributed by atoms with Crippen LogP contribution in [0.2, 0.25) is 0 Å². The van der Waals surface area contributed by atoms with Gasteiger partial charge in [0, 0.05) is 37.5 Å². The molecule has 164 valence electrons. The highest BCUT2D eigenvalue weighted by atomic mass is 32.1. The third-order valence-corrected chi connectivity index (χ3v) is 5.93. The van der Waals surface area contributed by atoms with E-state index in [0.717, 1.165) is 77.6 Å². The van der Waals surface area contributed by atoms with Crippen molar-refractivity contribution in [3.05, 3.63) is 22.4 Å². The van der Waals surface area contributed by atoms with Gasteiger partial charge in [-0.15, -0.1) is 11.3 Å². The quantitative estimate of drug-likeness (QED) is 0.233. The molecule has 1 aromatic rings. The van der Waals surface area contributed by atoms with E-state index >= 15 is 0 Å². The fourth-order valence-electron chi connectivity index (χ4n) is 3.33. The van der Waals surface area contributed by atoms with Crippen molar-refractivity contribution < 1.29 is 14.3 Å². The van der Waals surface area contributed by atoms with Gasteiger partial charge in [-0.2, -0.15) is 0 Å². The maximum atomic E-state index is 11.1. The number of thiophene rings is 1. The van der Waals surface area contributed by atoms with Gasteiger partial charge in [0.25, 0.3) is 0 Å². The molecule has 0 amide bonds. The Morgan fingerprint density at radius 3 is 2.76 bits per heavy atom. The van der Waals surface area contributed by atoms with Gasteiger partial charge in [-0.25, -0.2) is 0 Å². The molecule has 2 rings (SSSR count). The molecule has 0 aliphatic carbocycles. The second-order valence-electron chi connectivity index (χ2n) is 7.07. The van der Waals surface area contributed by atoms with E-state index in [-0.39, 0.29) is 5.97 Å². The maximum Gasteiger partial charge on any atom is 0.305 e. The Morgan fingerprint density at radius 2 is 2.07 bits per heavy atom. The Kier molecular flexibility index (Phi) is 11.7. The van der Waals surface area contributed by atoms with Crippen molar-refractivity contribution in [3.63, 3.8) is 0 Å². The number of guanidine groups is 1. The van der Waals surface area contributed by atoms with Gasteiger partial charge in [0.1, 0.15) is 0 Å². The number of ether oxygens (including phenoxy) is 2. The summed E-state index contributed by atoms with van der Waals surface area (Å²) in [5, 5.41) is 8.93. The van der Waals surface area contributed by atoms with Crippen LogP contribution < -0.4 is 10.6 Å². The largest absolute Gasteiger partial charge is 0.469 e. The molecule has 1 saturated heterocycles. The minimum Gasteiger partial charge on any atom is -0.469 e. The van der Waals surface area contributed by atoms with Crippen LogP contribution >= 0.6 is 11.3 Å². The SMILES string of the molecule is CCNC(=NCC(c1cccs1)N1CCOCC1)NCCCCCCC(=O)OC. The fourth-order valence-corrected chi connectivity index (χ4v) is 4.18. The molecule has 2 N–H and O–H groups in total. The Morgan fingerprint density at radius 1 is 1.28 bits per heavy atom. The van der Waals surface area contributed by atoms with Gasteiger partial charge in [0.05, 0.1) is 32.9 Å². The van der Waals surface area contributed by atoms with Crippen LogP contribution in [0.3, 0.4) is 0 Å². The van der Waals surface area contributed by atoms with Gasteiger partial charge >= 0.3 is 5.97 Å². The summed E-state index contributed by atoms with van der Waals surface area (Å²) in [6.45, 7) is 8.02. The number of unbranched alkanes of at least 4 members (excludes halogenated alkanes) is 3. The standard InChI is InChI=1S/C21H36N4O3S/c1-3-22-21(23-11-7-5-4-6-10-20(26)27-2)24-17-18(19-9-8-16-29-19)25-12-14-28-15-13-25/h8-9,16,18H,3-7,10-15,17H2,1-2H3,(H2,22,23,24). The van der Waals surface area contributed by atoms with Crippen molar-refractivity contribution in [3.8, 4) is 0 Å². The average molecular weight is 425 g/mol. The number of aliphatic imine (C=N–C) groups is 1. The number of hydrogen-bond donors (Lipinski definition) is 2. The molecular formula is C21H36N4O3S. The van der Waals surface area contributed by atoms with Gasteiger partial charge in [-0.3, -0.25) is 14.7 Å². The van der Waals surface area contributed by atoms with Crippen molar-refractivity contribution >= 4 is 23.3 Å². The van der Waals surface area contributed by atoms with Crippen molar-refractivity contribution in [2.75, 3.05) is 53.0 Å². The molecule has 1 aliphatic rings. The lowest BCUT2D eigenvalue weighted by Crippen LogP contribution is -2.41. The molecule has 0 radical (unpaired) electrons. The average Bonchev–Trinajstić information content (AvgIpc) is 3.28. The first kappa shape index (κ1) is 23.6. The zero-order valence-corrected chi connectivity index (χ0v) is 18.6. The minimum atomic E-state index is -0.120. The number of carbonyl (C=O) groups is 1. The van der Waals surface area contributed by atoms with Gasteiger partial charge in [0.15, 0.2) is 5.96 Å². The van der Waals surface area contributed by atoms with E-state index in [1.165, 1.54) is 12.0 Å². The van der Waals surface area contributed by atoms with Crippen molar-refractivity contribution in [2.45, 2.75) is 45.1 Å². The lowest BCUT2D eigenvalue weighted by molar-refractivity contribution is -0.140. The van der Waals surface area contributed by atoms with E-state index in [0.29, 0.717) is 12.5 Å². The van der Waals surface area contributed by atoms with Crippen LogP contribution in [0.1, 0.15) is 49.9 Å². The van der Waals surface area contributed by atoms with E-state index in [1.807, 2.05) is 0 Å². The van der Waals surface area contributed by atoms with E-state index < -0.39 is 0 Å². The number of morpholine rings is 1. The van der Waals surface area contributed by atoms with Crippen LogP contribution in [0, 0.1) is 0 Å². The lowest BCUT2D eigenvalue weighted by atomic mass is 10.1. The number of rotatable bonds is 12. The summed E-state index contributed by atoms with van der Waals surface area (Å²) in [6, 6.07) is 4.61. The Labute approximate surface area is 178 Å². The predicted molar refractivity (Wildman–Crippen MR) is 119 cm³/mol. The summed E-state index contributed by atoms with van der Waals surface area (Å²) in [4.78, 5) is 19.8. The minimum absolute atomic E-state index is 0.120. The molecule has 0 spiro atoms. The summed E-state index contributed by atoms with van der Waals surface area (Å²) in [7, 11) is 1.44. The molecule has 1 atom stereocenters. The van der Waals surface area contributed by atoms with E-state index in [2.05, 4.69) is 44.7 Å². The molecule has 1 fully saturated rings. The third-order valence-electron chi connectivity index (χ3n) is 4.95. The van der Waals surface area contributed by atoms with E-state index in [1.54, 1.807) is 11.3 Å². The van der Waals surface area contributed by atoms with Gasteiger partial charge in [-0.05, 0) is 31.2 Å². The summed E-state index contributed by atoms with van der Waals surface area (Å²) in [5.41, 5.74) is 0. The number of esters is 1. The zero-order chi connectivity index (χ0) is 20.7. The first-order chi connectivity index (χ1) is 14.2. The fraction of sp³-hybridized carbons (Fsp3) is 0.714. The topological polar surface area (TPSA) is 75.2 Å². The molecule has 1 unspecified atom stereocenters. The number of hydrogen-bond acceptors (Lipinski definition) is 6. The molecule has 0 saturated carbocycles. The monoisotopic (exact) mass is 424 g/mol. The number of nitrogens with one attached hydrogen (secondary N) is 2. The predicted octanol–water partition coefficient (Wildman–Crippen LogP) is 2.80. The highest BCUT2D eigenvalue weighted by molar-refractivity contribution is 7.10. The van der Waals surface area contributed by atoms with Crippen molar-refractivity contribution in [2.24, 2.45) is 4.99 Å². The van der Waals surface area contributed by atoms with Crippen LogP contribution in [0.4, 0.5) is 0 Å². The molecule has 29 heavy (non-hydrogen) atoms. The number of methoxy groups -OCH3 is 1. The van der Waals surface area contributed by atoms with Crippen LogP contribution in [0.5, 0.6) is 0 Å². The number of nitrogens with zero attached hydrogens (tertiary/aromatic N) is 2. The van der Waals surface area contributed by atoms with Crippen LogP contribution in [0.15, 0.2) is 22.5 Å². The molecule has 0 aromatic carbocycles. The van der Waals surface area contributed by atoms with Gasteiger partial charge in [-0.1, -0.05) is 18.9 Å². The summed E-state index contributed by atoms with van der Waals surface area (Å²) in [5.74, 6) is 0.752. The Hall–Kier alpha value is -1.64. The van der Waals surface area contributed by atoms with Gasteiger partial charge in [0.2, 0.25) is 0 Å². The molecule has 1 aromatic heterocycles. The Balaban J connectivity index is 1.78. The van der Waals surface area contributed by atoms with E-state index in [4.69, 9.17) is 9.73 Å². The number of carbonyl (C=O) groups excluding carboxylic acids is 1. The maximum absolute atomic E-state index is 11.1. The highest BCUT2D eigenvalue weighted by Crippen LogP contribution is 2.26. The zero-order valence-electron chi connectivity index (χ0n) is 17.8. The van der Waals surface area contributed by atoms with Crippen LogP contribution in [-0.4, -0.2) is 69.9 Å². The molecular weight excluding hydrogens is 388 g/mol. The molecule has 0 bridgehead atoms. The van der Waals surface area contributed by atoms with Crippen molar-refractivity contribution in [1.29, 1.82) is 0 Å². The normalized spacial score (nSPS) is 16.4. The van der Waals surface area contributed by atoms with Crippen LogP contribution in [0.25, 0.3) is 0 Å². The smallest absolute Gasteiger partial charge is 0.305 e. The van der Waals surface area contributed by atoms with E-state index in [9.17, 15) is 4.79 Å².